The van der Waals surface area contributed by atoms with Gasteiger partial charge in [0.2, 0.25) is 0 Å². The van der Waals surface area contributed by atoms with Crippen LogP contribution < -0.4 is 0 Å². The van der Waals surface area contributed by atoms with E-state index < -0.39 is 0 Å². The summed E-state index contributed by atoms with van der Waals surface area (Å²) in [4.78, 5) is 0. The van der Waals surface area contributed by atoms with Gasteiger partial charge in [-0.2, -0.15) is 0 Å². The standard InChI is InChI=1S/C10H16Cl4/c11-5-9(13)7-1-2-8(4-3-7)10(14)6-12/h7-10H,1-6H2. The molecule has 0 aromatic heterocycles. The van der Waals surface area contributed by atoms with E-state index in [9.17, 15) is 0 Å². The van der Waals surface area contributed by atoms with Gasteiger partial charge in [0.1, 0.15) is 0 Å². The van der Waals surface area contributed by atoms with Gasteiger partial charge in [-0.25, -0.2) is 0 Å². The van der Waals surface area contributed by atoms with Crippen molar-refractivity contribution in [3.05, 3.63) is 0 Å². The summed E-state index contributed by atoms with van der Waals surface area (Å²) in [6.45, 7) is 0. The monoisotopic (exact) mass is 276 g/mol. The second kappa shape index (κ2) is 6.68. The van der Waals surface area contributed by atoms with E-state index in [0.717, 1.165) is 25.7 Å². The highest BCUT2D eigenvalue weighted by atomic mass is 35.5. The van der Waals surface area contributed by atoms with Crippen LogP contribution in [0.1, 0.15) is 25.7 Å². The first-order valence-corrected chi connectivity index (χ1v) is 7.03. The third kappa shape index (κ3) is 3.63. The summed E-state index contributed by atoms with van der Waals surface area (Å²) >= 11 is 23.7. The van der Waals surface area contributed by atoms with Crippen molar-refractivity contribution in [2.75, 3.05) is 11.8 Å². The van der Waals surface area contributed by atoms with E-state index in [2.05, 4.69) is 0 Å². The molecule has 0 aliphatic heterocycles. The van der Waals surface area contributed by atoms with E-state index in [4.69, 9.17) is 46.4 Å². The molecule has 1 rings (SSSR count). The third-order valence-corrected chi connectivity index (χ3v) is 5.14. The second-order valence-corrected chi connectivity index (χ2v) is 5.75. The van der Waals surface area contributed by atoms with Crippen LogP contribution in [-0.2, 0) is 0 Å². The predicted octanol–water partition coefficient (Wildman–Crippen LogP) is 4.49. The van der Waals surface area contributed by atoms with E-state index in [0.29, 0.717) is 23.6 Å². The summed E-state index contributed by atoms with van der Waals surface area (Å²) < 4.78 is 0. The molecule has 14 heavy (non-hydrogen) atoms. The molecule has 0 aromatic rings. The Bertz CT molecular complexity index is 136. The lowest BCUT2D eigenvalue weighted by Crippen LogP contribution is -2.27. The van der Waals surface area contributed by atoms with Crippen LogP contribution in [-0.4, -0.2) is 22.5 Å². The Morgan fingerprint density at radius 3 is 1.29 bits per heavy atom. The highest BCUT2D eigenvalue weighted by molar-refractivity contribution is 6.28. The van der Waals surface area contributed by atoms with Crippen LogP contribution in [0.2, 0.25) is 0 Å². The van der Waals surface area contributed by atoms with Gasteiger partial charge in [-0.1, -0.05) is 0 Å². The fourth-order valence-electron chi connectivity index (χ4n) is 2.12. The Balaban J connectivity index is 2.31. The molecule has 0 N–H and O–H groups in total. The highest BCUT2D eigenvalue weighted by Gasteiger charge is 2.29. The van der Waals surface area contributed by atoms with Gasteiger partial charge in [-0.05, 0) is 37.5 Å². The molecular formula is C10H16Cl4. The van der Waals surface area contributed by atoms with Gasteiger partial charge in [0, 0.05) is 22.5 Å². The smallest absolute Gasteiger partial charge is 0.0499 e. The zero-order chi connectivity index (χ0) is 10.6. The first kappa shape index (κ1) is 13.2. The van der Waals surface area contributed by atoms with Crippen molar-refractivity contribution in [1.29, 1.82) is 0 Å². The first-order valence-electron chi connectivity index (χ1n) is 5.09. The van der Waals surface area contributed by atoms with Crippen molar-refractivity contribution in [1.82, 2.24) is 0 Å². The molecule has 1 aliphatic carbocycles. The molecule has 1 aliphatic rings. The average molecular weight is 278 g/mol. The van der Waals surface area contributed by atoms with Gasteiger partial charge >= 0.3 is 0 Å². The number of rotatable bonds is 4. The zero-order valence-electron chi connectivity index (χ0n) is 8.06. The van der Waals surface area contributed by atoms with E-state index in [1.54, 1.807) is 0 Å². The summed E-state index contributed by atoms with van der Waals surface area (Å²) in [6.07, 6.45) is 4.58. The molecule has 1 saturated carbocycles. The molecule has 4 heteroatoms. The molecule has 0 nitrogen and oxygen atoms in total. The van der Waals surface area contributed by atoms with Crippen LogP contribution in [0.15, 0.2) is 0 Å². The quantitative estimate of drug-likeness (QED) is 0.665. The lowest BCUT2D eigenvalue weighted by atomic mass is 9.79. The lowest BCUT2D eigenvalue weighted by molar-refractivity contribution is 0.271. The summed E-state index contributed by atoms with van der Waals surface area (Å²) in [5, 5.41) is 0.254. The number of hydrogen-bond donors (Lipinski definition) is 0. The molecule has 2 unspecified atom stereocenters. The minimum Gasteiger partial charge on any atom is -0.125 e. The van der Waals surface area contributed by atoms with Crippen LogP contribution in [0.5, 0.6) is 0 Å². The van der Waals surface area contributed by atoms with Crippen LogP contribution in [0.3, 0.4) is 0 Å². The Labute approximate surface area is 106 Å². The van der Waals surface area contributed by atoms with E-state index >= 15 is 0 Å². The first-order chi connectivity index (χ1) is 6.69. The maximum absolute atomic E-state index is 6.11. The molecule has 1 fully saturated rings. The minimum absolute atomic E-state index is 0.127. The van der Waals surface area contributed by atoms with Crippen molar-refractivity contribution < 1.29 is 0 Å². The average Bonchev–Trinajstić information content (AvgIpc) is 2.27. The van der Waals surface area contributed by atoms with Crippen molar-refractivity contribution in [2.45, 2.75) is 36.4 Å². The molecule has 0 amide bonds. The van der Waals surface area contributed by atoms with Crippen molar-refractivity contribution >= 4 is 46.4 Å². The van der Waals surface area contributed by atoms with Gasteiger partial charge in [0.25, 0.3) is 0 Å². The van der Waals surface area contributed by atoms with Crippen LogP contribution in [0.4, 0.5) is 0 Å². The van der Waals surface area contributed by atoms with Crippen molar-refractivity contribution in [2.24, 2.45) is 11.8 Å². The maximum Gasteiger partial charge on any atom is 0.0499 e. The molecule has 2 atom stereocenters. The van der Waals surface area contributed by atoms with Gasteiger partial charge in [0.15, 0.2) is 0 Å². The van der Waals surface area contributed by atoms with Gasteiger partial charge in [0.05, 0.1) is 0 Å². The van der Waals surface area contributed by atoms with E-state index in [1.807, 2.05) is 0 Å². The molecule has 0 saturated heterocycles. The largest absolute Gasteiger partial charge is 0.125 e. The second-order valence-electron chi connectivity index (χ2n) is 4.02. The number of hydrogen-bond acceptors (Lipinski definition) is 0. The lowest BCUT2D eigenvalue weighted by Gasteiger charge is -2.32. The molecule has 0 heterocycles. The molecular weight excluding hydrogens is 262 g/mol. The topological polar surface area (TPSA) is 0 Å². The molecule has 0 aromatic carbocycles. The van der Waals surface area contributed by atoms with Crippen LogP contribution in [0.25, 0.3) is 0 Å². The molecule has 0 bridgehead atoms. The molecule has 0 radical (unpaired) electrons. The summed E-state index contributed by atoms with van der Waals surface area (Å²) in [6, 6.07) is 0. The van der Waals surface area contributed by atoms with Crippen molar-refractivity contribution in [3.63, 3.8) is 0 Å². The fourth-order valence-corrected chi connectivity index (χ4v) is 3.13. The Morgan fingerprint density at radius 1 is 0.786 bits per heavy atom. The number of alkyl halides is 4. The molecule has 0 spiro atoms. The van der Waals surface area contributed by atoms with Gasteiger partial charge in [-0.15, -0.1) is 46.4 Å². The van der Waals surface area contributed by atoms with E-state index in [-0.39, 0.29) is 10.8 Å². The maximum atomic E-state index is 6.11. The predicted molar refractivity (Wildman–Crippen MR) is 66.2 cm³/mol. The zero-order valence-corrected chi connectivity index (χ0v) is 11.1. The summed E-state index contributed by atoms with van der Waals surface area (Å²) in [7, 11) is 0. The van der Waals surface area contributed by atoms with Gasteiger partial charge in [-0.3, -0.25) is 0 Å². The normalized spacial score (nSPS) is 32.6. The summed E-state index contributed by atoms with van der Waals surface area (Å²) in [5.74, 6) is 2.25. The highest BCUT2D eigenvalue weighted by Crippen LogP contribution is 2.36. The third-order valence-electron chi connectivity index (χ3n) is 3.13. The molecule has 84 valence electrons. The Kier molecular flexibility index (Phi) is 6.31. The minimum atomic E-state index is 0.127. The number of halogens is 4. The Morgan fingerprint density at radius 2 is 1.07 bits per heavy atom. The SMILES string of the molecule is ClCC(Cl)C1CCC(C(Cl)CCl)CC1. The van der Waals surface area contributed by atoms with E-state index in [1.165, 1.54) is 0 Å². The summed E-state index contributed by atoms with van der Waals surface area (Å²) in [5.41, 5.74) is 0. The Hall–Kier alpha value is 1.16. The van der Waals surface area contributed by atoms with Crippen LogP contribution >= 0.6 is 46.4 Å². The van der Waals surface area contributed by atoms with Crippen molar-refractivity contribution in [3.8, 4) is 0 Å². The fraction of sp³-hybridized carbons (Fsp3) is 1.00. The van der Waals surface area contributed by atoms with Crippen LogP contribution in [0, 0.1) is 11.8 Å². The van der Waals surface area contributed by atoms with Gasteiger partial charge < -0.3 is 0 Å².